The number of anilines is 1. The van der Waals surface area contributed by atoms with Gasteiger partial charge in [-0.2, -0.15) is 5.26 Å². The lowest BCUT2D eigenvalue weighted by Crippen LogP contribution is -2.52. The lowest BCUT2D eigenvalue weighted by molar-refractivity contribution is -0.144. The number of carbonyl (C=O) groups is 1. The van der Waals surface area contributed by atoms with Crippen LogP contribution in [0.1, 0.15) is 24.0 Å². The van der Waals surface area contributed by atoms with Crippen molar-refractivity contribution in [2.24, 2.45) is 5.92 Å². The Morgan fingerprint density at radius 2 is 1.97 bits per heavy atom. The number of amides is 1. The minimum Gasteiger partial charge on any atom is -0.381 e. The predicted molar refractivity (Wildman–Crippen MR) is 127 cm³/mol. The van der Waals surface area contributed by atoms with Gasteiger partial charge in [0.15, 0.2) is 0 Å². The third kappa shape index (κ3) is 5.23. The van der Waals surface area contributed by atoms with Crippen LogP contribution in [0.4, 0.5) is 5.69 Å². The molecule has 2 heterocycles. The van der Waals surface area contributed by atoms with E-state index in [1.54, 1.807) is 24.5 Å². The van der Waals surface area contributed by atoms with Crippen molar-refractivity contribution in [3.63, 3.8) is 0 Å². The Kier molecular flexibility index (Phi) is 7.05. The largest absolute Gasteiger partial charge is 0.381 e. The number of rotatable bonds is 6. The van der Waals surface area contributed by atoms with Crippen LogP contribution in [-0.4, -0.2) is 34.8 Å². The molecule has 1 fully saturated rings. The van der Waals surface area contributed by atoms with Crippen LogP contribution in [0, 0.1) is 17.2 Å². The van der Waals surface area contributed by atoms with Gasteiger partial charge in [0.2, 0.25) is 0 Å². The van der Waals surface area contributed by atoms with Crippen molar-refractivity contribution in [1.29, 1.82) is 5.26 Å². The van der Waals surface area contributed by atoms with Gasteiger partial charge in [0.05, 0.1) is 10.6 Å². The normalized spacial score (nSPS) is 15.9. The highest BCUT2D eigenvalue weighted by Gasteiger charge is 2.44. The summed E-state index contributed by atoms with van der Waals surface area (Å²) in [6.07, 6.45) is 4.82. The van der Waals surface area contributed by atoms with Gasteiger partial charge in [-0.15, -0.1) is 0 Å². The SMILES string of the molecule is N#Cc1ccc(NC(=O)C(O)(Cc2cccc(-c3cccnc3)c2)C2CCOCC2)cc1Cl. The van der Waals surface area contributed by atoms with Crippen LogP contribution in [0.2, 0.25) is 5.02 Å². The first kappa shape index (κ1) is 22.9. The number of nitrogens with one attached hydrogen (secondary N) is 1. The Balaban J connectivity index is 1.63. The number of nitriles is 1. The molecule has 1 aliphatic rings. The molecule has 0 aliphatic carbocycles. The minimum atomic E-state index is -1.64. The second-order valence-corrected chi connectivity index (χ2v) is 8.60. The number of hydrogen-bond acceptors (Lipinski definition) is 5. The zero-order chi connectivity index (χ0) is 23.3. The van der Waals surface area contributed by atoms with Crippen molar-refractivity contribution in [2.75, 3.05) is 18.5 Å². The summed E-state index contributed by atoms with van der Waals surface area (Å²) in [6.45, 7) is 0.997. The maximum atomic E-state index is 13.4. The van der Waals surface area contributed by atoms with E-state index in [0.717, 1.165) is 16.7 Å². The van der Waals surface area contributed by atoms with Gasteiger partial charge >= 0.3 is 0 Å². The van der Waals surface area contributed by atoms with Crippen molar-refractivity contribution < 1.29 is 14.6 Å². The van der Waals surface area contributed by atoms with Gasteiger partial charge < -0.3 is 15.2 Å². The third-order valence-corrected chi connectivity index (χ3v) is 6.35. The van der Waals surface area contributed by atoms with E-state index < -0.39 is 11.5 Å². The van der Waals surface area contributed by atoms with E-state index >= 15 is 0 Å². The molecule has 1 aliphatic heterocycles. The fourth-order valence-corrected chi connectivity index (χ4v) is 4.44. The second-order valence-electron chi connectivity index (χ2n) is 8.19. The minimum absolute atomic E-state index is 0.154. The molecule has 7 heteroatoms. The van der Waals surface area contributed by atoms with Gasteiger partial charge in [0.1, 0.15) is 11.7 Å². The fourth-order valence-electron chi connectivity index (χ4n) is 4.21. The molecule has 168 valence electrons. The molecule has 1 aromatic heterocycles. The molecule has 1 atom stereocenters. The first-order valence-electron chi connectivity index (χ1n) is 10.8. The summed E-state index contributed by atoms with van der Waals surface area (Å²) in [7, 11) is 0. The van der Waals surface area contributed by atoms with Crippen LogP contribution in [0.3, 0.4) is 0 Å². The van der Waals surface area contributed by atoms with Crippen molar-refractivity contribution in [3.8, 4) is 17.2 Å². The van der Waals surface area contributed by atoms with Gasteiger partial charge in [0.25, 0.3) is 5.91 Å². The van der Waals surface area contributed by atoms with Crippen LogP contribution in [-0.2, 0) is 16.0 Å². The highest BCUT2D eigenvalue weighted by Crippen LogP contribution is 2.33. The van der Waals surface area contributed by atoms with E-state index in [1.807, 2.05) is 42.5 Å². The molecule has 6 nitrogen and oxygen atoms in total. The summed E-state index contributed by atoms with van der Waals surface area (Å²) >= 11 is 6.12. The molecular weight excluding hydrogens is 438 g/mol. The quantitative estimate of drug-likeness (QED) is 0.558. The zero-order valence-corrected chi connectivity index (χ0v) is 18.8. The summed E-state index contributed by atoms with van der Waals surface area (Å²) in [5, 5.41) is 23.9. The Morgan fingerprint density at radius 3 is 2.67 bits per heavy atom. The maximum absolute atomic E-state index is 13.4. The molecule has 2 aromatic carbocycles. The van der Waals surface area contributed by atoms with E-state index in [1.165, 1.54) is 6.07 Å². The summed E-state index contributed by atoms with van der Waals surface area (Å²) in [5.74, 6) is -0.760. The van der Waals surface area contributed by atoms with E-state index in [9.17, 15) is 9.90 Å². The zero-order valence-electron chi connectivity index (χ0n) is 18.0. The summed E-state index contributed by atoms with van der Waals surface area (Å²) in [4.78, 5) is 17.6. The summed E-state index contributed by atoms with van der Waals surface area (Å²) in [5.41, 5.74) is 1.89. The average Bonchev–Trinajstić information content (AvgIpc) is 2.85. The fraction of sp³-hybridized carbons (Fsp3) is 0.269. The number of aromatic nitrogens is 1. The monoisotopic (exact) mass is 461 g/mol. The van der Waals surface area contributed by atoms with E-state index in [4.69, 9.17) is 21.6 Å². The summed E-state index contributed by atoms with van der Waals surface area (Å²) < 4.78 is 5.46. The van der Waals surface area contributed by atoms with Crippen LogP contribution in [0.15, 0.2) is 67.0 Å². The highest BCUT2D eigenvalue weighted by molar-refractivity contribution is 6.32. The van der Waals surface area contributed by atoms with Crippen LogP contribution >= 0.6 is 11.6 Å². The lowest BCUT2D eigenvalue weighted by atomic mass is 9.77. The molecule has 0 saturated carbocycles. The molecule has 0 radical (unpaired) electrons. The molecule has 4 rings (SSSR count). The van der Waals surface area contributed by atoms with Crippen molar-refractivity contribution >= 4 is 23.2 Å². The molecule has 2 N–H and O–H groups in total. The third-order valence-electron chi connectivity index (χ3n) is 6.03. The number of nitrogens with zero attached hydrogens (tertiary/aromatic N) is 2. The Hall–Kier alpha value is -3.24. The highest BCUT2D eigenvalue weighted by atomic mass is 35.5. The van der Waals surface area contributed by atoms with Gasteiger partial charge in [-0.25, -0.2) is 0 Å². The number of halogens is 1. The van der Waals surface area contributed by atoms with Crippen molar-refractivity contribution in [3.05, 3.63) is 83.1 Å². The van der Waals surface area contributed by atoms with E-state index in [2.05, 4.69) is 10.3 Å². The molecule has 3 aromatic rings. The first-order chi connectivity index (χ1) is 16.0. The van der Waals surface area contributed by atoms with Crippen molar-refractivity contribution in [1.82, 2.24) is 4.98 Å². The topological polar surface area (TPSA) is 95.2 Å². The van der Waals surface area contributed by atoms with Gasteiger partial charge in [0, 0.05) is 43.6 Å². The maximum Gasteiger partial charge on any atom is 0.256 e. The molecule has 1 unspecified atom stereocenters. The number of hydrogen-bond donors (Lipinski definition) is 2. The van der Waals surface area contributed by atoms with Gasteiger partial charge in [-0.05, 0) is 53.8 Å². The van der Waals surface area contributed by atoms with E-state index in [-0.39, 0.29) is 17.4 Å². The van der Waals surface area contributed by atoms with Crippen LogP contribution in [0.5, 0.6) is 0 Å². The Labute approximate surface area is 197 Å². The van der Waals surface area contributed by atoms with Crippen LogP contribution in [0.25, 0.3) is 11.1 Å². The Morgan fingerprint density at radius 1 is 1.18 bits per heavy atom. The molecule has 1 amide bonds. The van der Waals surface area contributed by atoms with Gasteiger partial charge in [-0.3, -0.25) is 9.78 Å². The Bertz CT molecular complexity index is 1170. The van der Waals surface area contributed by atoms with E-state index in [0.29, 0.717) is 37.3 Å². The molecule has 0 bridgehead atoms. The smallest absolute Gasteiger partial charge is 0.256 e. The number of aliphatic hydroxyl groups is 1. The molecule has 1 saturated heterocycles. The van der Waals surface area contributed by atoms with Crippen molar-refractivity contribution in [2.45, 2.75) is 24.9 Å². The standard InChI is InChI=1S/C26H24ClN3O3/c27-24-14-23(7-6-20(24)16-28)30-25(31)26(32,22-8-11-33-12-9-22)15-18-3-1-4-19(13-18)21-5-2-10-29-17-21/h1-7,10,13-14,17,22,32H,8-9,11-12,15H2,(H,30,31). The number of carbonyl (C=O) groups excluding carboxylic acids is 1. The number of benzene rings is 2. The number of ether oxygens (including phenoxy) is 1. The predicted octanol–water partition coefficient (Wildman–Crippen LogP) is 4.61. The average molecular weight is 462 g/mol. The first-order valence-corrected chi connectivity index (χ1v) is 11.2. The van der Waals surface area contributed by atoms with Crippen LogP contribution < -0.4 is 5.32 Å². The summed E-state index contributed by atoms with van der Waals surface area (Å²) in [6, 6.07) is 18.3. The molecule has 0 spiro atoms. The number of pyridine rings is 1. The molecular formula is C26H24ClN3O3. The second kappa shape index (κ2) is 10.1. The molecule has 33 heavy (non-hydrogen) atoms. The van der Waals surface area contributed by atoms with Gasteiger partial charge in [-0.1, -0.05) is 41.9 Å². The lowest BCUT2D eigenvalue weighted by Gasteiger charge is -2.37.